The number of ether oxygens (including phenoxy) is 2. The molecule has 0 saturated carbocycles. The third-order valence-electron chi connectivity index (χ3n) is 2.96. The first-order valence-corrected chi connectivity index (χ1v) is 7.20. The van der Waals surface area contributed by atoms with Crippen LogP contribution in [0.2, 0.25) is 0 Å². The van der Waals surface area contributed by atoms with Crippen molar-refractivity contribution in [1.29, 1.82) is 0 Å². The molecular weight excluding hydrogens is 345 g/mol. The van der Waals surface area contributed by atoms with Crippen LogP contribution in [0.15, 0.2) is 0 Å². The van der Waals surface area contributed by atoms with Gasteiger partial charge in [-0.15, -0.1) is 0 Å². The minimum absolute atomic E-state index is 0.230. The molecule has 2 heterocycles. The van der Waals surface area contributed by atoms with Crippen LogP contribution in [0, 0.1) is 3.57 Å². The summed E-state index contributed by atoms with van der Waals surface area (Å²) in [6.07, 6.45) is 4.41. The van der Waals surface area contributed by atoms with Crippen LogP contribution < -0.4 is 5.73 Å². The molecule has 1 aliphatic rings. The van der Waals surface area contributed by atoms with Gasteiger partial charge in [-0.05, 0) is 41.9 Å². The number of hydrogen-bond acceptors (Lipinski definition) is 5. The molecule has 1 fully saturated rings. The summed E-state index contributed by atoms with van der Waals surface area (Å²) in [5, 5.41) is 0. The zero-order chi connectivity index (χ0) is 13.0. The van der Waals surface area contributed by atoms with E-state index in [1.54, 1.807) is 7.11 Å². The number of methoxy groups -OCH3 is 1. The Bertz CT molecular complexity index is 409. The Hall–Kier alpha value is -0.470. The van der Waals surface area contributed by atoms with Gasteiger partial charge in [-0.3, -0.25) is 0 Å². The molecule has 1 aromatic heterocycles. The number of nitrogens with two attached hydrogens (primary N) is 1. The lowest BCUT2D eigenvalue weighted by molar-refractivity contribution is 0.0156. The molecule has 1 atom stereocenters. The van der Waals surface area contributed by atoms with Gasteiger partial charge in [-0.1, -0.05) is 0 Å². The molecule has 0 aliphatic carbocycles. The topological polar surface area (TPSA) is 70.3 Å². The molecule has 0 amide bonds. The van der Waals surface area contributed by atoms with Crippen LogP contribution >= 0.6 is 22.6 Å². The Morgan fingerprint density at radius 2 is 2.28 bits per heavy atom. The third-order valence-corrected chi connectivity index (χ3v) is 4.13. The SMILES string of the molecule is COCc1nc(CC2CCCCO2)nc(N)c1I. The van der Waals surface area contributed by atoms with Gasteiger partial charge in [0, 0.05) is 20.1 Å². The van der Waals surface area contributed by atoms with Crippen molar-refractivity contribution >= 4 is 28.4 Å². The first-order valence-electron chi connectivity index (χ1n) is 6.12. The lowest BCUT2D eigenvalue weighted by Crippen LogP contribution is -2.23. The minimum atomic E-state index is 0.230. The highest BCUT2D eigenvalue weighted by molar-refractivity contribution is 14.1. The molecule has 0 bridgehead atoms. The number of halogens is 1. The average Bonchev–Trinajstić information content (AvgIpc) is 2.37. The van der Waals surface area contributed by atoms with Crippen molar-refractivity contribution < 1.29 is 9.47 Å². The number of nitrogens with zero attached hydrogens (tertiary/aromatic N) is 2. The fourth-order valence-electron chi connectivity index (χ4n) is 2.06. The lowest BCUT2D eigenvalue weighted by atomic mass is 10.1. The Kier molecular flexibility index (Phi) is 5.13. The molecule has 6 heteroatoms. The van der Waals surface area contributed by atoms with E-state index < -0.39 is 0 Å². The monoisotopic (exact) mass is 363 g/mol. The fourth-order valence-corrected chi connectivity index (χ4v) is 2.46. The Balaban J connectivity index is 2.11. The van der Waals surface area contributed by atoms with Crippen LogP contribution in [0.3, 0.4) is 0 Å². The maximum absolute atomic E-state index is 5.90. The van der Waals surface area contributed by atoms with Gasteiger partial charge in [0.1, 0.15) is 11.6 Å². The highest BCUT2D eigenvalue weighted by Gasteiger charge is 2.17. The second-order valence-corrected chi connectivity index (χ2v) is 5.49. The molecule has 2 rings (SSSR count). The molecule has 5 nitrogen and oxygen atoms in total. The van der Waals surface area contributed by atoms with Crippen LogP contribution in [-0.4, -0.2) is 29.8 Å². The van der Waals surface area contributed by atoms with E-state index in [2.05, 4.69) is 32.6 Å². The van der Waals surface area contributed by atoms with E-state index in [0.717, 1.165) is 41.0 Å². The van der Waals surface area contributed by atoms with Crippen LogP contribution in [0.4, 0.5) is 5.82 Å². The summed E-state index contributed by atoms with van der Waals surface area (Å²) < 4.78 is 11.7. The van der Waals surface area contributed by atoms with E-state index in [1.165, 1.54) is 6.42 Å². The summed E-state index contributed by atoms with van der Waals surface area (Å²) in [7, 11) is 1.65. The van der Waals surface area contributed by atoms with Gasteiger partial charge in [0.2, 0.25) is 0 Å². The maximum atomic E-state index is 5.90. The third kappa shape index (κ3) is 3.52. The number of nitrogen functional groups attached to an aromatic ring is 1. The zero-order valence-corrected chi connectivity index (χ0v) is 12.6. The molecular formula is C12H18IN3O2. The van der Waals surface area contributed by atoms with Crippen LogP contribution in [-0.2, 0) is 22.5 Å². The summed E-state index contributed by atoms with van der Waals surface area (Å²) in [6.45, 7) is 1.30. The zero-order valence-electron chi connectivity index (χ0n) is 10.5. The van der Waals surface area contributed by atoms with Gasteiger partial charge >= 0.3 is 0 Å². The summed E-state index contributed by atoms with van der Waals surface area (Å²) in [5.41, 5.74) is 6.76. The number of hydrogen-bond donors (Lipinski definition) is 1. The maximum Gasteiger partial charge on any atom is 0.140 e. The van der Waals surface area contributed by atoms with Gasteiger partial charge in [0.05, 0.1) is 22.0 Å². The number of anilines is 1. The van der Waals surface area contributed by atoms with Crippen molar-refractivity contribution in [3.05, 3.63) is 15.1 Å². The molecule has 1 aliphatic heterocycles. The molecule has 1 saturated heterocycles. The summed E-state index contributed by atoms with van der Waals surface area (Å²) in [4.78, 5) is 8.85. The molecule has 1 aromatic rings. The largest absolute Gasteiger partial charge is 0.383 e. The van der Waals surface area contributed by atoms with Crippen molar-refractivity contribution in [2.75, 3.05) is 19.5 Å². The normalized spacial score (nSPS) is 20.0. The second-order valence-electron chi connectivity index (χ2n) is 4.41. The van der Waals surface area contributed by atoms with Crippen molar-refractivity contribution in [3.8, 4) is 0 Å². The van der Waals surface area contributed by atoms with E-state index in [0.29, 0.717) is 12.4 Å². The van der Waals surface area contributed by atoms with Crippen molar-refractivity contribution in [2.24, 2.45) is 0 Å². The number of aromatic nitrogens is 2. The smallest absolute Gasteiger partial charge is 0.140 e. The van der Waals surface area contributed by atoms with Crippen LogP contribution in [0.5, 0.6) is 0 Å². The molecule has 1 unspecified atom stereocenters. The van der Waals surface area contributed by atoms with Gasteiger partial charge < -0.3 is 15.2 Å². The molecule has 18 heavy (non-hydrogen) atoms. The van der Waals surface area contributed by atoms with Crippen LogP contribution in [0.1, 0.15) is 30.8 Å². The summed E-state index contributed by atoms with van der Waals surface area (Å²) in [6, 6.07) is 0. The quantitative estimate of drug-likeness (QED) is 0.828. The van der Waals surface area contributed by atoms with Crippen molar-refractivity contribution in [3.63, 3.8) is 0 Å². The highest BCUT2D eigenvalue weighted by Crippen LogP contribution is 2.20. The van der Waals surface area contributed by atoms with Crippen molar-refractivity contribution in [1.82, 2.24) is 9.97 Å². The predicted molar refractivity (Wildman–Crippen MR) is 77.2 cm³/mol. The highest BCUT2D eigenvalue weighted by atomic mass is 127. The van der Waals surface area contributed by atoms with Crippen molar-refractivity contribution in [2.45, 2.75) is 38.4 Å². The molecule has 0 radical (unpaired) electrons. The number of rotatable bonds is 4. The van der Waals surface area contributed by atoms with E-state index >= 15 is 0 Å². The van der Waals surface area contributed by atoms with E-state index in [4.69, 9.17) is 15.2 Å². The molecule has 0 spiro atoms. The first kappa shape index (κ1) is 14.0. The fraction of sp³-hybridized carbons (Fsp3) is 0.667. The molecule has 0 aromatic carbocycles. The van der Waals surface area contributed by atoms with E-state index in [1.807, 2.05) is 0 Å². The average molecular weight is 363 g/mol. The van der Waals surface area contributed by atoms with E-state index in [9.17, 15) is 0 Å². The Labute approximate surface area is 121 Å². The summed E-state index contributed by atoms with van der Waals surface area (Å²) >= 11 is 2.15. The summed E-state index contributed by atoms with van der Waals surface area (Å²) in [5.74, 6) is 1.29. The van der Waals surface area contributed by atoms with Crippen LogP contribution in [0.25, 0.3) is 0 Å². The van der Waals surface area contributed by atoms with Gasteiger partial charge in [0.15, 0.2) is 0 Å². The van der Waals surface area contributed by atoms with Gasteiger partial charge in [-0.25, -0.2) is 9.97 Å². The van der Waals surface area contributed by atoms with Gasteiger partial charge in [-0.2, -0.15) is 0 Å². The second kappa shape index (κ2) is 6.63. The Morgan fingerprint density at radius 1 is 1.44 bits per heavy atom. The molecule has 100 valence electrons. The minimum Gasteiger partial charge on any atom is -0.383 e. The lowest BCUT2D eigenvalue weighted by Gasteiger charge is -2.22. The molecule has 2 N–H and O–H groups in total. The predicted octanol–water partition coefficient (Wildman–Crippen LogP) is 1.92. The Morgan fingerprint density at radius 3 is 2.94 bits per heavy atom. The van der Waals surface area contributed by atoms with Gasteiger partial charge in [0.25, 0.3) is 0 Å². The first-order chi connectivity index (χ1) is 8.70. The van der Waals surface area contributed by atoms with E-state index in [-0.39, 0.29) is 6.10 Å². The standard InChI is InChI=1S/C12H18IN3O2/c1-17-7-9-11(13)12(14)16-10(15-9)6-8-4-2-3-5-18-8/h8H,2-7H2,1H3,(H2,14,15,16).